The summed E-state index contributed by atoms with van der Waals surface area (Å²) in [6.45, 7) is 17.3. The number of hydrogen-bond acceptors (Lipinski definition) is 4. The van der Waals surface area contributed by atoms with Gasteiger partial charge in [0.25, 0.3) is 8.32 Å². The zero-order valence-electron chi connectivity index (χ0n) is 22.9. The van der Waals surface area contributed by atoms with E-state index < -0.39 is 20.0 Å². The Morgan fingerprint density at radius 3 is 2.03 bits per heavy atom. The van der Waals surface area contributed by atoms with Gasteiger partial charge in [0.2, 0.25) is 0 Å². The van der Waals surface area contributed by atoms with Crippen LogP contribution in [0.2, 0.25) is 5.04 Å². The van der Waals surface area contributed by atoms with E-state index in [4.69, 9.17) is 13.9 Å². The number of benzene rings is 2. The van der Waals surface area contributed by atoms with Crippen LogP contribution in [0.5, 0.6) is 0 Å². The number of aliphatic hydroxyl groups is 1. The zero-order valence-corrected chi connectivity index (χ0v) is 23.9. The molecule has 196 valence electrons. The minimum absolute atomic E-state index is 0.0469. The van der Waals surface area contributed by atoms with Gasteiger partial charge in [0.15, 0.2) is 0 Å². The van der Waals surface area contributed by atoms with E-state index in [1.807, 2.05) is 26.0 Å². The van der Waals surface area contributed by atoms with Gasteiger partial charge in [0.1, 0.15) is 6.10 Å². The lowest BCUT2D eigenvalue weighted by Crippen LogP contribution is -2.67. The van der Waals surface area contributed by atoms with E-state index in [-0.39, 0.29) is 29.5 Å². The van der Waals surface area contributed by atoms with Crippen molar-refractivity contribution in [2.75, 3.05) is 6.61 Å². The van der Waals surface area contributed by atoms with Crippen LogP contribution in [0.3, 0.4) is 0 Å². The molecule has 0 saturated carbocycles. The molecule has 5 atom stereocenters. The Morgan fingerprint density at radius 1 is 1.00 bits per heavy atom. The Hall–Kier alpha value is -1.76. The van der Waals surface area contributed by atoms with Crippen LogP contribution in [0, 0.1) is 0 Å². The molecule has 0 spiro atoms. The van der Waals surface area contributed by atoms with E-state index in [0.29, 0.717) is 0 Å². The van der Waals surface area contributed by atoms with Gasteiger partial charge in [0, 0.05) is 0 Å². The quantitative estimate of drug-likeness (QED) is 0.384. The van der Waals surface area contributed by atoms with E-state index >= 15 is 0 Å². The first-order valence-corrected chi connectivity index (χ1v) is 15.3. The molecule has 2 aromatic rings. The third-order valence-corrected chi connectivity index (χ3v) is 13.4. The van der Waals surface area contributed by atoms with Gasteiger partial charge in [-0.05, 0) is 61.9 Å². The van der Waals surface area contributed by atoms with Crippen LogP contribution in [-0.2, 0) is 13.9 Å². The molecule has 2 heterocycles. The molecule has 1 N–H and O–H groups in total. The first-order chi connectivity index (χ1) is 16.9. The summed E-state index contributed by atoms with van der Waals surface area (Å²) in [6.07, 6.45) is 2.86. The SMILES string of the molecule is C=C(C)[C@@H]1CC[C@@](C)([C@H]2CC[C@@](C)([C@H](O)CO[Si](c3ccccc3)(c3ccccc3)C(C)(C)C)O2)O1. The Morgan fingerprint density at radius 2 is 1.56 bits per heavy atom. The highest BCUT2D eigenvalue weighted by atomic mass is 28.4. The molecule has 36 heavy (non-hydrogen) atoms. The number of ether oxygens (including phenoxy) is 2. The maximum atomic E-state index is 11.5. The summed E-state index contributed by atoms with van der Waals surface area (Å²) in [5.74, 6) is 0. The molecule has 0 radical (unpaired) electrons. The van der Waals surface area contributed by atoms with Crippen molar-refractivity contribution in [3.63, 3.8) is 0 Å². The second-order valence-corrected chi connectivity index (χ2v) is 16.6. The lowest BCUT2D eigenvalue weighted by Gasteiger charge is -2.44. The number of aliphatic hydroxyl groups excluding tert-OH is 1. The number of rotatable bonds is 8. The molecule has 0 aromatic heterocycles. The third-order valence-electron chi connectivity index (χ3n) is 8.44. The van der Waals surface area contributed by atoms with Crippen LogP contribution in [0.25, 0.3) is 0 Å². The topological polar surface area (TPSA) is 47.9 Å². The standard InChI is InChI=1S/C31H44O4Si/c1-23(2)26-18-20-31(7,34-26)28-19-21-30(6,35-28)27(32)22-33-36(29(3,4)5,24-14-10-8-11-15-24)25-16-12-9-13-17-25/h8-17,26-28,32H,1,18-22H2,2-7H3/t26-,27+,28+,30-,31-/m0/s1. The minimum Gasteiger partial charge on any atom is -0.405 e. The van der Waals surface area contributed by atoms with Gasteiger partial charge in [-0.25, -0.2) is 0 Å². The Kier molecular flexibility index (Phi) is 7.72. The fraction of sp³-hybridized carbons (Fsp3) is 0.548. The molecule has 4 nitrogen and oxygen atoms in total. The molecule has 2 aliphatic rings. The highest BCUT2D eigenvalue weighted by Gasteiger charge is 2.54. The normalized spacial score (nSPS) is 29.9. The molecule has 2 aliphatic heterocycles. The van der Waals surface area contributed by atoms with Crippen molar-refractivity contribution in [1.29, 1.82) is 0 Å². The molecule has 2 aromatic carbocycles. The fourth-order valence-corrected chi connectivity index (χ4v) is 10.7. The van der Waals surface area contributed by atoms with Crippen LogP contribution < -0.4 is 10.4 Å². The van der Waals surface area contributed by atoms with Crippen molar-refractivity contribution >= 4 is 18.7 Å². The van der Waals surface area contributed by atoms with Gasteiger partial charge in [-0.2, -0.15) is 0 Å². The van der Waals surface area contributed by atoms with Crippen molar-refractivity contribution < 1.29 is 19.0 Å². The highest BCUT2D eigenvalue weighted by molar-refractivity contribution is 6.99. The molecule has 2 saturated heterocycles. The van der Waals surface area contributed by atoms with Crippen molar-refractivity contribution in [2.45, 2.75) is 102 Å². The lowest BCUT2D eigenvalue weighted by atomic mass is 9.91. The summed E-state index contributed by atoms with van der Waals surface area (Å²) < 4.78 is 20.0. The van der Waals surface area contributed by atoms with Crippen LogP contribution in [0.1, 0.15) is 67.2 Å². The molecule has 0 unspecified atom stereocenters. The molecular weight excluding hydrogens is 464 g/mol. The van der Waals surface area contributed by atoms with Crippen molar-refractivity contribution in [3.05, 3.63) is 72.8 Å². The second kappa shape index (κ2) is 10.2. The predicted octanol–water partition coefficient (Wildman–Crippen LogP) is 5.38. The van der Waals surface area contributed by atoms with Crippen LogP contribution in [-0.4, -0.2) is 49.5 Å². The first-order valence-electron chi connectivity index (χ1n) is 13.4. The van der Waals surface area contributed by atoms with E-state index in [2.05, 4.69) is 82.8 Å². The maximum absolute atomic E-state index is 11.5. The second-order valence-electron chi connectivity index (χ2n) is 12.3. The van der Waals surface area contributed by atoms with Crippen LogP contribution in [0.4, 0.5) is 0 Å². The summed E-state index contributed by atoms with van der Waals surface area (Å²) in [6, 6.07) is 21.1. The molecule has 2 fully saturated rings. The summed E-state index contributed by atoms with van der Waals surface area (Å²) in [7, 11) is -2.73. The van der Waals surface area contributed by atoms with E-state index in [1.165, 1.54) is 10.4 Å². The Labute approximate surface area is 218 Å². The average Bonchev–Trinajstić information content (AvgIpc) is 3.45. The molecule has 0 bridgehead atoms. The maximum Gasteiger partial charge on any atom is 0.261 e. The van der Waals surface area contributed by atoms with E-state index in [1.54, 1.807) is 0 Å². The minimum atomic E-state index is -2.73. The molecule has 0 aliphatic carbocycles. The van der Waals surface area contributed by atoms with Crippen molar-refractivity contribution in [2.24, 2.45) is 0 Å². The fourth-order valence-electron chi connectivity index (χ4n) is 6.12. The van der Waals surface area contributed by atoms with Gasteiger partial charge in [-0.3, -0.25) is 0 Å². The third kappa shape index (κ3) is 5.01. The van der Waals surface area contributed by atoms with Gasteiger partial charge >= 0.3 is 0 Å². The molecule has 5 heteroatoms. The van der Waals surface area contributed by atoms with Gasteiger partial charge in [-0.1, -0.05) is 93.6 Å². The van der Waals surface area contributed by atoms with E-state index in [0.717, 1.165) is 31.3 Å². The zero-order chi connectivity index (χ0) is 26.2. The van der Waals surface area contributed by atoms with Crippen LogP contribution >= 0.6 is 0 Å². The summed E-state index contributed by atoms with van der Waals surface area (Å²) in [4.78, 5) is 0. The predicted molar refractivity (Wildman–Crippen MR) is 149 cm³/mol. The van der Waals surface area contributed by atoms with Crippen molar-refractivity contribution in [3.8, 4) is 0 Å². The highest BCUT2D eigenvalue weighted by Crippen LogP contribution is 2.45. The number of hydrogen-bond donors (Lipinski definition) is 1. The monoisotopic (exact) mass is 508 g/mol. The molecular formula is C31H44O4Si. The van der Waals surface area contributed by atoms with E-state index in [9.17, 15) is 5.11 Å². The summed E-state index contributed by atoms with van der Waals surface area (Å²) in [5.41, 5.74) is 0.0437. The smallest absolute Gasteiger partial charge is 0.261 e. The summed E-state index contributed by atoms with van der Waals surface area (Å²) in [5, 5.41) is 13.8. The van der Waals surface area contributed by atoms with Gasteiger partial charge < -0.3 is 19.0 Å². The van der Waals surface area contributed by atoms with Crippen LogP contribution in [0.15, 0.2) is 72.8 Å². The van der Waals surface area contributed by atoms with Crippen molar-refractivity contribution in [1.82, 2.24) is 0 Å². The molecule has 4 rings (SSSR count). The Bertz CT molecular complexity index is 994. The van der Waals surface area contributed by atoms with Gasteiger partial charge in [0.05, 0.1) is 30.0 Å². The Balaban J connectivity index is 1.56. The largest absolute Gasteiger partial charge is 0.405 e. The average molecular weight is 509 g/mol. The van der Waals surface area contributed by atoms with Gasteiger partial charge in [-0.15, -0.1) is 0 Å². The first kappa shape index (κ1) is 27.3. The lowest BCUT2D eigenvalue weighted by molar-refractivity contribution is -0.172. The molecule has 0 amide bonds. The summed E-state index contributed by atoms with van der Waals surface area (Å²) >= 11 is 0.